The Morgan fingerprint density at radius 2 is 1.70 bits per heavy atom. The number of methoxy groups -OCH3 is 1. The van der Waals surface area contributed by atoms with Crippen molar-refractivity contribution in [1.82, 2.24) is 10.6 Å². The molecular weight excluding hydrogens is 582 g/mol. The monoisotopic (exact) mass is 618 g/mol. The fourth-order valence-electron chi connectivity index (χ4n) is 4.32. The summed E-state index contributed by atoms with van der Waals surface area (Å²) in [7, 11) is 0.585. The Morgan fingerprint density at radius 1 is 1.02 bits per heavy atom. The van der Waals surface area contributed by atoms with Crippen LogP contribution in [0, 0.1) is 11.6 Å². The molecule has 0 aromatic heterocycles. The number of amides is 1. The molecule has 232 valence electrons. The molecule has 3 aromatic carbocycles. The largest absolute Gasteiger partial charge is 0.497 e. The third kappa shape index (κ3) is 9.73. The molecule has 3 N–H and O–H groups in total. The molecule has 43 heavy (non-hydrogen) atoms. The summed E-state index contributed by atoms with van der Waals surface area (Å²) in [6.07, 6.45) is -0.250. The minimum atomic E-state index is -3.67. The molecule has 0 spiro atoms. The summed E-state index contributed by atoms with van der Waals surface area (Å²) in [5.41, 5.74) is 2.19. The Hall–Kier alpha value is -4.07. The van der Waals surface area contributed by atoms with Gasteiger partial charge in [0.25, 0.3) is 5.91 Å². The Bertz CT molecular complexity index is 1550. The minimum Gasteiger partial charge on any atom is -0.497 e. The molecule has 3 rings (SSSR count). The standard InChI is InChI=1S/C30H36F2N4O6S/c1-19(35-42-4)22-13-23(15-26(14-22)36(2)43(5,39)40)30(38)34-28(12-21-9-24(31)16-25(32)10-21)29(37)18-33-17-20-7-6-8-27(11-20)41-3/h6-11,13-16,28-29,33,37H,12,17-18H2,1-5H3,(H,34,38)/b35-19+/t28-,29+/m0/s1. The highest BCUT2D eigenvalue weighted by molar-refractivity contribution is 7.92. The number of carbonyl (C=O) groups excluding carboxylic acids is 1. The van der Waals surface area contributed by atoms with Crippen LogP contribution in [0.5, 0.6) is 5.75 Å². The fraction of sp³-hybridized carbons (Fsp3) is 0.333. The van der Waals surface area contributed by atoms with E-state index >= 15 is 0 Å². The number of benzene rings is 3. The number of nitrogens with one attached hydrogen (secondary N) is 2. The number of aliphatic hydroxyl groups excluding tert-OH is 1. The van der Waals surface area contributed by atoms with Crippen LogP contribution in [0.2, 0.25) is 0 Å². The van der Waals surface area contributed by atoms with Crippen LogP contribution in [0.4, 0.5) is 14.5 Å². The van der Waals surface area contributed by atoms with E-state index in [4.69, 9.17) is 9.57 Å². The van der Waals surface area contributed by atoms with Crippen LogP contribution in [-0.2, 0) is 27.8 Å². The number of carbonyl (C=O) groups is 1. The molecule has 1 amide bonds. The van der Waals surface area contributed by atoms with Gasteiger partial charge in [0.05, 0.1) is 36.9 Å². The summed E-state index contributed by atoms with van der Waals surface area (Å²) in [6, 6.07) is 13.8. The maximum atomic E-state index is 14.0. The maximum Gasteiger partial charge on any atom is 0.251 e. The topological polar surface area (TPSA) is 130 Å². The number of rotatable bonds is 14. The van der Waals surface area contributed by atoms with Gasteiger partial charge in [0.1, 0.15) is 24.5 Å². The highest BCUT2D eigenvalue weighted by atomic mass is 32.2. The number of nitrogens with zero attached hydrogens (tertiary/aromatic N) is 2. The molecule has 0 aliphatic carbocycles. The van der Waals surface area contributed by atoms with Gasteiger partial charge in [0.2, 0.25) is 10.0 Å². The summed E-state index contributed by atoms with van der Waals surface area (Å²) >= 11 is 0. The van der Waals surface area contributed by atoms with Gasteiger partial charge in [-0.2, -0.15) is 0 Å². The number of anilines is 1. The Labute approximate surface area is 250 Å². The van der Waals surface area contributed by atoms with Crippen LogP contribution < -0.4 is 19.7 Å². The lowest BCUT2D eigenvalue weighted by Crippen LogP contribution is -2.48. The third-order valence-electron chi connectivity index (χ3n) is 6.66. The number of ether oxygens (including phenoxy) is 1. The van der Waals surface area contributed by atoms with Crippen molar-refractivity contribution in [1.29, 1.82) is 0 Å². The molecule has 0 radical (unpaired) electrons. The lowest BCUT2D eigenvalue weighted by molar-refractivity contribution is 0.0830. The number of sulfonamides is 1. The van der Waals surface area contributed by atoms with E-state index in [1.807, 2.05) is 18.2 Å². The van der Waals surface area contributed by atoms with Gasteiger partial charge in [-0.05, 0) is 66.9 Å². The molecule has 0 heterocycles. The first-order valence-electron chi connectivity index (χ1n) is 13.3. The smallest absolute Gasteiger partial charge is 0.251 e. The normalized spacial score (nSPS) is 13.3. The van der Waals surface area contributed by atoms with Crippen LogP contribution in [0.15, 0.2) is 65.8 Å². The number of hydrogen-bond acceptors (Lipinski definition) is 8. The molecule has 10 nitrogen and oxygen atoms in total. The first-order chi connectivity index (χ1) is 20.3. The first-order valence-corrected chi connectivity index (χ1v) is 15.1. The minimum absolute atomic E-state index is 0.0294. The number of hydrogen-bond donors (Lipinski definition) is 3. The molecule has 0 fully saturated rings. The van der Waals surface area contributed by atoms with Gasteiger partial charge in [-0.25, -0.2) is 17.2 Å². The van der Waals surface area contributed by atoms with Crippen molar-refractivity contribution in [3.8, 4) is 5.75 Å². The molecule has 3 aromatic rings. The maximum absolute atomic E-state index is 14.0. The van der Waals surface area contributed by atoms with Gasteiger partial charge in [-0.3, -0.25) is 9.10 Å². The van der Waals surface area contributed by atoms with Crippen LogP contribution in [0.3, 0.4) is 0 Å². The molecule has 0 aliphatic heterocycles. The van der Waals surface area contributed by atoms with E-state index in [9.17, 15) is 27.1 Å². The predicted molar refractivity (Wildman–Crippen MR) is 161 cm³/mol. The Balaban J connectivity index is 1.90. The molecule has 0 bridgehead atoms. The first kappa shape index (κ1) is 33.4. The van der Waals surface area contributed by atoms with E-state index in [-0.39, 0.29) is 29.8 Å². The number of oxime groups is 1. The summed E-state index contributed by atoms with van der Waals surface area (Å²) in [4.78, 5) is 18.4. The van der Waals surface area contributed by atoms with Crippen LogP contribution in [-0.4, -0.2) is 71.4 Å². The van der Waals surface area contributed by atoms with E-state index in [0.29, 0.717) is 23.6 Å². The van der Waals surface area contributed by atoms with Crippen molar-refractivity contribution in [2.75, 3.05) is 38.4 Å². The van der Waals surface area contributed by atoms with E-state index in [0.717, 1.165) is 34.3 Å². The summed E-state index contributed by atoms with van der Waals surface area (Å²) in [5, 5.41) is 20.9. The zero-order valence-electron chi connectivity index (χ0n) is 24.6. The van der Waals surface area contributed by atoms with Crippen LogP contribution in [0.1, 0.15) is 34.0 Å². The summed E-state index contributed by atoms with van der Waals surface area (Å²) in [6.45, 7) is 2.04. The second-order valence-corrected chi connectivity index (χ2v) is 12.0. The molecular formula is C30H36F2N4O6S. The SMILES string of the molecule is CO/N=C(\C)c1cc(C(=O)N[C@@H](Cc2cc(F)cc(F)c2)[C@H](O)CNCc2cccc(OC)c2)cc(N(C)S(C)(=O)=O)c1. The fourth-order valence-corrected chi connectivity index (χ4v) is 4.81. The second-order valence-electron chi connectivity index (χ2n) is 9.97. The Morgan fingerprint density at radius 3 is 2.33 bits per heavy atom. The van der Waals surface area contributed by atoms with Crippen LogP contribution in [0.25, 0.3) is 0 Å². The third-order valence-corrected chi connectivity index (χ3v) is 7.87. The zero-order chi connectivity index (χ0) is 31.7. The molecule has 0 aliphatic rings. The predicted octanol–water partition coefficient (Wildman–Crippen LogP) is 3.23. The highest BCUT2D eigenvalue weighted by Gasteiger charge is 2.24. The van der Waals surface area contributed by atoms with Crippen molar-refractivity contribution in [3.05, 3.63) is 94.6 Å². The van der Waals surface area contributed by atoms with E-state index in [2.05, 4.69) is 15.8 Å². The van der Waals surface area contributed by atoms with Crippen molar-refractivity contribution < 1.29 is 36.7 Å². The average Bonchev–Trinajstić information content (AvgIpc) is 2.95. The highest BCUT2D eigenvalue weighted by Crippen LogP contribution is 2.22. The van der Waals surface area contributed by atoms with Crippen molar-refractivity contribution >= 4 is 27.3 Å². The number of halogens is 2. The quantitative estimate of drug-likeness (QED) is 0.187. The van der Waals surface area contributed by atoms with E-state index in [1.165, 1.54) is 26.3 Å². The molecule has 0 saturated carbocycles. The van der Waals surface area contributed by atoms with E-state index in [1.54, 1.807) is 26.2 Å². The van der Waals surface area contributed by atoms with Gasteiger partial charge < -0.3 is 25.3 Å². The molecule has 0 saturated heterocycles. The van der Waals surface area contributed by atoms with Crippen molar-refractivity contribution in [3.63, 3.8) is 0 Å². The molecule has 2 atom stereocenters. The van der Waals surface area contributed by atoms with Crippen molar-refractivity contribution in [2.45, 2.75) is 32.0 Å². The van der Waals surface area contributed by atoms with Gasteiger partial charge in [-0.15, -0.1) is 0 Å². The lowest BCUT2D eigenvalue weighted by Gasteiger charge is -2.26. The lowest BCUT2D eigenvalue weighted by atomic mass is 9.99. The summed E-state index contributed by atoms with van der Waals surface area (Å²) in [5.74, 6) is -1.56. The van der Waals surface area contributed by atoms with E-state index < -0.39 is 39.7 Å². The molecule has 0 unspecified atom stereocenters. The van der Waals surface area contributed by atoms with Gasteiger partial charge >= 0.3 is 0 Å². The molecule has 13 heteroatoms. The second kappa shape index (κ2) is 14.9. The van der Waals surface area contributed by atoms with Gasteiger partial charge in [-0.1, -0.05) is 17.3 Å². The van der Waals surface area contributed by atoms with Crippen LogP contribution >= 0.6 is 0 Å². The Kier molecular flexibility index (Phi) is 11.6. The van der Waals surface area contributed by atoms with Crippen molar-refractivity contribution in [2.24, 2.45) is 5.16 Å². The average molecular weight is 619 g/mol. The van der Waals surface area contributed by atoms with Gasteiger partial charge in [0.15, 0.2) is 0 Å². The number of aliphatic hydroxyl groups is 1. The zero-order valence-corrected chi connectivity index (χ0v) is 25.4. The summed E-state index contributed by atoms with van der Waals surface area (Å²) < 4.78 is 58.7. The van der Waals surface area contributed by atoms with Gasteiger partial charge in [0, 0.05) is 37.3 Å².